The zero-order chi connectivity index (χ0) is 12.3. The highest BCUT2D eigenvalue weighted by Crippen LogP contribution is 2.12. The van der Waals surface area contributed by atoms with Crippen molar-refractivity contribution in [3.8, 4) is 0 Å². The average Bonchev–Trinajstić information content (AvgIpc) is 2.74. The van der Waals surface area contributed by atoms with E-state index < -0.39 is 0 Å². The summed E-state index contributed by atoms with van der Waals surface area (Å²) in [6.45, 7) is 0.913. The lowest BCUT2D eigenvalue weighted by Gasteiger charge is -2.13. The summed E-state index contributed by atoms with van der Waals surface area (Å²) < 4.78 is 18.4. The van der Waals surface area contributed by atoms with Gasteiger partial charge in [0.1, 0.15) is 5.82 Å². The molecule has 1 aliphatic rings. The van der Waals surface area contributed by atoms with Crippen molar-refractivity contribution in [2.24, 2.45) is 11.7 Å². The topological polar surface area (TPSA) is 64.3 Å². The van der Waals surface area contributed by atoms with Crippen LogP contribution < -0.4 is 11.1 Å². The molecule has 17 heavy (non-hydrogen) atoms. The first-order valence-corrected chi connectivity index (χ1v) is 5.53. The molecule has 0 saturated carbocycles. The normalized spacial score (nSPS) is 23.6. The van der Waals surface area contributed by atoms with Crippen LogP contribution >= 0.6 is 0 Å². The third-order valence-corrected chi connectivity index (χ3v) is 2.87. The Morgan fingerprint density at radius 2 is 2.24 bits per heavy atom. The summed E-state index contributed by atoms with van der Waals surface area (Å²) in [7, 11) is 0. The molecule has 0 aromatic heterocycles. The van der Waals surface area contributed by atoms with E-state index in [2.05, 4.69) is 5.32 Å². The van der Waals surface area contributed by atoms with Crippen LogP contribution in [0.3, 0.4) is 0 Å². The summed E-state index contributed by atoms with van der Waals surface area (Å²) in [6, 6.07) is 6.08. The van der Waals surface area contributed by atoms with Crippen LogP contribution in [0, 0.1) is 11.7 Å². The Labute approximate surface area is 98.9 Å². The van der Waals surface area contributed by atoms with Gasteiger partial charge in [0.25, 0.3) is 0 Å². The van der Waals surface area contributed by atoms with Crippen LogP contribution in [-0.2, 0) is 16.1 Å². The Bertz CT molecular complexity index is 411. The first-order valence-electron chi connectivity index (χ1n) is 5.53. The maximum atomic E-state index is 13.3. The Morgan fingerprint density at radius 3 is 2.88 bits per heavy atom. The molecule has 1 heterocycles. The van der Waals surface area contributed by atoms with Crippen molar-refractivity contribution >= 4 is 5.91 Å². The van der Waals surface area contributed by atoms with Crippen LogP contribution in [-0.4, -0.2) is 25.2 Å². The van der Waals surface area contributed by atoms with Crippen molar-refractivity contribution in [2.45, 2.75) is 12.6 Å². The maximum absolute atomic E-state index is 13.3. The van der Waals surface area contributed by atoms with Gasteiger partial charge < -0.3 is 15.8 Å². The molecule has 0 bridgehead atoms. The number of nitrogens with two attached hydrogens (primary N) is 1. The Hall–Kier alpha value is -1.46. The van der Waals surface area contributed by atoms with Crippen LogP contribution in [0.5, 0.6) is 0 Å². The number of benzene rings is 1. The fraction of sp³-hybridized carbons (Fsp3) is 0.417. The van der Waals surface area contributed by atoms with Gasteiger partial charge in [0.2, 0.25) is 5.91 Å². The molecule has 1 amide bonds. The summed E-state index contributed by atoms with van der Waals surface area (Å²) in [5.74, 6) is -0.834. The second-order valence-electron chi connectivity index (χ2n) is 4.12. The number of hydrogen-bond donors (Lipinski definition) is 2. The largest absolute Gasteiger partial charge is 0.379 e. The van der Waals surface area contributed by atoms with Crippen molar-refractivity contribution in [1.82, 2.24) is 5.32 Å². The van der Waals surface area contributed by atoms with Crippen molar-refractivity contribution in [2.75, 3.05) is 13.2 Å². The van der Waals surface area contributed by atoms with Crippen LogP contribution in [0.4, 0.5) is 4.39 Å². The highest BCUT2D eigenvalue weighted by molar-refractivity contribution is 5.79. The molecule has 92 valence electrons. The number of rotatable bonds is 3. The first kappa shape index (κ1) is 12.0. The molecule has 3 N–H and O–H groups in total. The van der Waals surface area contributed by atoms with E-state index in [0.717, 1.165) is 0 Å². The van der Waals surface area contributed by atoms with E-state index >= 15 is 0 Å². The molecule has 2 unspecified atom stereocenters. The minimum absolute atomic E-state index is 0.175. The molecule has 0 radical (unpaired) electrons. The van der Waals surface area contributed by atoms with E-state index in [-0.39, 0.29) is 30.2 Å². The minimum Gasteiger partial charge on any atom is -0.379 e. The summed E-state index contributed by atoms with van der Waals surface area (Å²) in [5.41, 5.74) is 6.18. The van der Waals surface area contributed by atoms with Crippen molar-refractivity contribution < 1.29 is 13.9 Å². The van der Waals surface area contributed by atoms with Crippen molar-refractivity contribution in [1.29, 1.82) is 0 Å². The zero-order valence-electron chi connectivity index (χ0n) is 9.36. The number of carbonyl (C=O) groups excluding carboxylic acids is 1. The fourth-order valence-electron chi connectivity index (χ4n) is 1.80. The molecular weight excluding hydrogens is 223 g/mol. The van der Waals surface area contributed by atoms with Crippen LogP contribution in [0.1, 0.15) is 5.56 Å². The highest BCUT2D eigenvalue weighted by Gasteiger charge is 2.31. The van der Waals surface area contributed by atoms with E-state index in [9.17, 15) is 9.18 Å². The van der Waals surface area contributed by atoms with Gasteiger partial charge in [-0.15, -0.1) is 0 Å². The molecule has 1 aliphatic heterocycles. The van der Waals surface area contributed by atoms with E-state index in [1.54, 1.807) is 18.2 Å². The number of hydrogen-bond acceptors (Lipinski definition) is 3. The van der Waals surface area contributed by atoms with Crippen molar-refractivity contribution in [3.05, 3.63) is 35.6 Å². The summed E-state index contributed by atoms with van der Waals surface area (Å²) >= 11 is 0. The number of ether oxygens (including phenoxy) is 1. The van der Waals surface area contributed by atoms with Gasteiger partial charge in [0.05, 0.1) is 19.1 Å². The second kappa shape index (κ2) is 5.25. The summed E-state index contributed by atoms with van der Waals surface area (Å²) in [4.78, 5) is 11.7. The predicted molar refractivity (Wildman–Crippen MR) is 60.5 cm³/mol. The third-order valence-electron chi connectivity index (χ3n) is 2.87. The van der Waals surface area contributed by atoms with E-state index in [1.165, 1.54) is 6.07 Å². The van der Waals surface area contributed by atoms with E-state index in [0.29, 0.717) is 18.8 Å². The maximum Gasteiger partial charge on any atom is 0.227 e. The lowest BCUT2D eigenvalue weighted by Crippen LogP contribution is -2.40. The SMILES string of the molecule is NC1COCC1C(=O)NCc1ccccc1F. The Balaban J connectivity index is 1.90. The van der Waals surface area contributed by atoms with Crippen LogP contribution in [0.25, 0.3) is 0 Å². The molecule has 2 rings (SSSR count). The fourth-order valence-corrected chi connectivity index (χ4v) is 1.80. The lowest BCUT2D eigenvalue weighted by molar-refractivity contribution is -0.125. The van der Waals surface area contributed by atoms with Gasteiger partial charge in [0.15, 0.2) is 0 Å². The molecule has 1 aromatic carbocycles. The smallest absolute Gasteiger partial charge is 0.227 e. The first-order chi connectivity index (χ1) is 8.18. The third kappa shape index (κ3) is 2.81. The molecule has 1 fully saturated rings. The van der Waals surface area contributed by atoms with Gasteiger partial charge in [-0.05, 0) is 6.07 Å². The Morgan fingerprint density at radius 1 is 1.47 bits per heavy atom. The number of carbonyl (C=O) groups is 1. The molecule has 0 spiro atoms. The van der Waals surface area contributed by atoms with Crippen molar-refractivity contribution in [3.63, 3.8) is 0 Å². The molecule has 2 atom stereocenters. The number of nitrogens with one attached hydrogen (secondary N) is 1. The summed E-state index contributed by atoms with van der Waals surface area (Å²) in [5, 5.41) is 2.67. The second-order valence-corrected chi connectivity index (χ2v) is 4.12. The quantitative estimate of drug-likeness (QED) is 0.802. The zero-order valence-corrected chi connectivity index (χ0v) is 9.36. The number of amides is 1. The minimum atomic E-state index is -0.332. The van der Waals surface area contributed by atoms with E-state index in [1.807, 2.05) is 0 Å². The molecular formula is C12H15FN2O2. The average molecular weight is 238 g/mol. The van der Waals surface area contributed by atoms with E-state index in [4.69, 9.17) is 10.5 Å². The lowest BCUT2D eigenvalue weighted by atomic mass is 10.0. The standard InChI is InChI=1S/C12H15FN2O2/c13-10-4-2-1-3-8(10)5-15-12(16)9-6-17-7-11(9)14/h1-4,9,11H,5-7,14H2,(H,15,16). The molecule has 0 aliphatic carbocycles. The van der Waals surface area contributed by atoms with Gasteiger partial charge in [-0.2, -0.15) is 0 Å². The predicted octanol–water partition coefficient (Wildman–Crippen LogP) is 0.416. The molecule has 1 saturated heterocycles. The van der Waals surface area contributed by atoms with Gasteiger partial charge in [-0.3, -0.25) is 4.79 Å². The van der Waals surface area contributed by atoms with Gasteiger partial charge in [-0.25, -0.2) is 4.39 Å². The molecule has 5 heteroatoms. The van der Waals surface area contributed by atoms with Gasteiger partial charge in [-0.1, -0.05) is 18.2 Å². The molecule has 4 nitrogen and oxygen atoms in total. The summed E-state index contributed by atoms with van der Waals surface area (Å²) in [6.07, 6.45) is 0. The van der Waals surface area contributed by atoms with Gasteiger partial charge >= 0.3 is 0 Å². The Kier molecular flexibility index (Phi) is 3.71. The molecule has 1 aromatic rings. The van der Waals surface area contributed by atoms with Crippen LogP contribution in [0.2, 0.25) is 0 Å². The number of halogens is 1. The monoisotopic (exact) mass is 238 g/mol. The van der Waals surface area contributed by atoms with Gasteiger partial charge in [0, 0.05) is 18.2 Å². The van der Waals surface area contributed by atoms with Crippen LogP contribution in [0.15, 0.2) is 24.3 Å². The highest BCUT2D eigenvalue weighted by atomic mass is 19.1.